The molecule has 0 atom stereocenters. The maximum Gasteiger partial charge on any atom is 0.252 e. The fraction of sp³-hybridized carbons (Fsp3) is 0.294. The Morgan fingerprint density at radius 2 is 2.00 bits per heavy atom. The Hall–Kier alpha value is -2.36. The van der Waals surface area contributed by atoms with Gasteiger partial charge in [-0.25, -0.2) is 0 Å². The van der Waals surface area contributed by atoms with Crippen molar-refractivity contribution in [2.24, 2.45) is 0 Å². The van der Waals surface area contributed by atoms with Crippen molar-refractivity contribution >= 4 is 17.3 Å². The summed E-state index contributed by atoms with van der Waals surface area (Å²) in [7, 11) is 0. The van der Waals surface area contributed by atoms with Gasteiger partial charge in [0.2, 0.25) is 0 Å². The Morgan fingerprint density at radius 1 is 1.19 bits per heavy atom. The lowest BCUT2D eigenvalue weighted by Gasteiger charge is -2.11. The molecule has 0 saturated carbocycles. The molecule has 110 valence electrons. The van der Waals surface area contributed by atoms with E-state index in [1.165, 1.54) is 5.56 Å². The smallest absolute Gasteiger partial charge is 0.252 e. The average molecular weight is 283 g/mol. The fourth-order valence-corrected chi connectivity index (χ4v) is 2.08. The number of rotatable bonds is 6. The highest BCUT2D eigenvalue weighted by molar-refractivity contribution is 5.94. The van der Waals surface area contributed by atoms with E-state index < -0.39 is 0 Å². The van der Waals surface area contributed by atoms with Gasteiger partial charge >= 0.3 is 0 Å². The first-order chi connectivity index (χ1) is 10.2. The molecular weight excluding hydrogens is 262 g/mol. The summed E-state index contributed by atoms with van der Waals surface area (Å²) in [6.45, 7) is 4.82. The SMILES string of the molecule is CCCNC(=O)c1cncc(Nc2ccccc2CC)c1. The number of anilines is 2. The van der Waals surface area contributed by atoms with Crippen molar-refractivity contribution in [3.8, 4) is 0 Å². The van der Waals surface area contributed by atoms with Gasteiger partial charge in [-0.2, -0.15) is 0 Å². The highest BCUT2D eigenvalue weighted by Gasteiger charge is 2.07. The van der Waals surface area contributed by atoms with Crippen LogP contribution in [0.25, 0.3) is 0 Å². The standard InChI is InChI=1S/C17H21N3O/c1-3-9-19-17(21)14-10-15(12-18-11-14)20-16-8-6-5-7-13(16)4-2/h5-8,10-12,20H,3-4,9H2,1-2H3,(H,19,21). The quantitative estimate of drug-likeness (QED) is 0.852. The van der Waals surface area contributed by atoms with E-state index in [1.54, 1.807) is 12.4 Å². The van der Waals surface area contributed by atoms with Gasteiger partial charge in [0, 0.05) is 18.4 Å². The number of carbonyl (C=O) groups is 1. The Kier molecular flexibility index (Phi) is 5.32. The molecule has 0 radical (unpaired) electrons. The number of aryl methyl sites for hydroxylation is 1. The third-order valence-corrected chi connectivity index (χ3v) is 3.21. The van der Waals surface area contributed by atoms with Gasteiger partial charge in [-0.1, -0.05) is 32.0 Å². The van der Waals surface area contributed by atoms with Crippen LogP contribution in [0.4, 0.5) is 11.4 Å². The van der Waals surface area contributed by atoms with Crippen LogP contribution in [0.15, 0.2) is 42.7 Å². The number of benzene rings is 1. The molecule has 1 amide bonds. The normalized spacial score (nSPS) is 10.2. The Labute approximate surface area is 125 Å². The molecule has 0 fully saturated rings. The number of hydrogen-bond acceptors (Lipinski definition) is 3. The van der Waals surface area contributed by atoms with E-state index in [0.717, 1.165) is 24.2 Å². The van der Waals surface area contributed by atoms with E-state index in [2.05, 4.69) is 28.6 Å². The van der Waals surface area contributed by atoms with Crippen molar-refractivity contribution in [3.63, 3.8) is 0 Å². The molecule has 0 aliphatic carbocycles. The topological polar surface area (TPSA) is 54.0 Å². The maximum absolute atomic E-state index is 12.0. The minimum Gasteiger partial charge on any atom is -0.354 e. The minimum absolute atomic E-state index is 0.0863. The summed E-state index contributed by atoms with van der Waals surface area (Å²) in [5.74, 6) is -0.0863. The molecule has 0 saturated heterocycles. The molecule has 0 bridgehead atoms. The van der Waals surface area contributed by atoms with E-state index >= 15 is 0 Å². The Balaban J connectivity index is 2.16. The zero-order valence-electron chi connectivity index (χ0n) is 12.5. The van der Waals surface area contributed by atoms with E-state index in [9.17, 15) is 4.79 Å². The number of aromatic nitrogens is 1. The third-order valence-electron chi connectivity index (χ3n) is 3.21. The van der Waals surface area contributed by atoms with Crippen LogP contribution >= 0.6 is 0 Å². The van der Waals surface area contributed by atoms with Crippen LogP contribution in [0.3, 0.4) is 0 Å². The van der Waals surface area contributed by atoms with E-state index in [-0.39, 0.29) is 5.91 Å². The summed E-state index contributed by atoms with van der Waals surface area (Å²) < 4.78 is 0. The molecule has 4 nitrogen and oxygen atoms in total. The largest absolute Gasteiger partial charge is 0.354 e. The molecule has 21 heavy (non-hydrogen) atoms. The summed E-state index contributed by atoms with van der Waals surface area (Å²) in [5.41, 5.74) is 3.67. The van der Waals surface area contributed by atoms with Gasteiger partial charge in [0.25, 0.3) is 5.91 Å². The first-order valence-corrected chi connectivity index (χ1v) is 7.32. The third kappa shape index (κ3) is 4.05. The molecule has 1 aromatic carbocycles. The predicted octanol–water partition coefficient (Wildman–Crippen LogP) is 3.53. The predicted molar refractivity (Wildman–Crippen MR) is 86.0 cm³/mol. The number of amides is 1. The van der Waals surface area contributed by atoms with Gasteiger partial charge in [0.1, 0.15) is 0 Å². The van der Waals surface area contributed by atoms with Crippen LogP contribution in [-0.4, -0.2) is 17.4 Å². The number of nitrogens with zero attached hydrogens (tertiary/aromatic N) is 1. The molecule has 4 heteroatoms. The lowest BCUT2D eigenvalue weighted by Crippen LogP contribution is -2.24. The maximum atomic E-state index is 12.0. The van der Waals surface area contributed by atoms with Gasteiger partial charge in [-0.15, -0.1) is 0 Å². The van der Waals surface area contributed by atoms with E-state index in [4.69, 9.17) is 0 Å². The molecule has 0 unspecified atom stereocenters. The monoisotopic (exact) mass is 283 g/mol. The number of para-hydroxylation sites is 1. The summed E-state index contributed by atoms with van der Waals surface area (Å²) in [4.78, 5) is 16.1. The van der Waals surface area contributed by atoms with Crippen LogP contribution in [0.2, 0.25) is 0 Å². The number of hydrogen-bond donors (Lipinski definition) is 2. The van der Waals surface area contributed by atoms with Crippen molar-refractivity contribution in [3.05, 3.63) is 53.9 Å². The minimum atomic E-state index is -0.0863. The second kappa shape index (κ2) is 7.43. The van der Waals surface area contributed by atoms with E-state index in [0.29, 0.717) is 12.1 Å². The second-order valence-corrected chi connectivity index (χ2v) is 4.85. The van der Waals surface area contributed by atoms with Gasteiger partial charge in [0.15, 0.2) is 0 Å². The van der Waals surface area contributed by atoms with Crippen LogP contribution in [-0.2, 0) is 6.42 Å². The number of nitrogens with one attached hydrogen (secondary N) is 2. The highest BCUT2D eigenvalue weighted by atomic mass is 16.1. The number of carbonyl (C=O) groups excluding carboxylic acids is 1. The van der Waals surface area contributed by atoms with Crippen molar-refractivity contribution in [1.82, 2.24) is 10.3 Å². The highest BCUT2D eigenvalue weighted by Crippen LogP contribution is 2.21. The second-order valence-electron chi connectivity index (χ2n) is 4.85. The molecule has 2 aromatic rings. The van der Waals surface area contributed by atoms with Crippen LogP contribution in [0.1, 0.15) is 36.2 Å². The van der Waals surface area contributed by atoms with Crippen molar-refractivity contribution in [2.45, 2.75) is 26.7 Å². The van der Waals surface area contributed by atoms with Crippen molar-refractivity contribution in [1.29, 1.82) is 0 Å². The summed E-state index contributed by atoms with van der Waals surface area (Å²) in [6, 6.07) is 9.96. The lowest BCUT2D eigenvalue weighted by molar-refractivity contribution is 0.0953. The zero-order valence-corrected chi connectivity index (χ0v) is 12.5. The molecule has 1 heterocycles. The first kappa shape index (κ1) is 15.0. The first-order valence-electron chi connectivity index (χ1n) is 7.32. The molecule has 0 aliphatic heterocycles. The van der Waals surface area contributed by atoms with Crippen LogP contribution in [0, 0.1) is 0 Å². The molecule has 1 aromatic heterocycles. The van der Waals surface area contributed by atoms with Crippen molar-refractivity contribution in [2.75, 3.05) is 11.9 Å². The van der Waals surface area contributed by atoms with E-state index in [1.807, 2.05) is 31.2 Å². The Bertz CT molecular complexity index is 610. The number of pyridine rings is 1. The average Bonchev–Trinajstić information content (AvgIpc) is 2.53. The van der Waals surface area contributed by atoms with Crippen molar-refractivity contribution < 1.29 is 4.79 Å². The van der Waals surface area contributed by atoms with Crippen LogP contribution < -0.4 is 10.6 Å². The summed E-state index contributed by atoms with van der Waals surface area (Å²) in [6.07, 6.45) is 5.18. The van der Waals surface area contributed by atoms with Gasteiger partial charge in [-0.3, -0.25) is 9.78 Å². The van der Waals surface area contributed by atoms with Gasteiger partial charge in [-0.05, 0) is 30.5 Å². The molecule has 2 rings (SSSR count). The molecule has 2 N–H and O–H groups in total. The van der Waals surface area contributed by atoms with Gasteiger partial charge < -0.3 is 10.6 Å². The molecular formula is C17H21N3O. The summed E-state index contributed by atoms with van der Waals surface area (Å²) in [5, 5.41) is 6.19. The summed E-state index contributed by atoms with van der Waals surface area (Å²) >= 11 is 0. The molecule has 0 aliphatic rings. The molecule has 0 spiro atoms. The van der Waals surface area contributed by atoms with Gasteiger partial charge in [0.05, 0.1) is 17.4 Å². The Morgan fingerprint density at radius 3 is 2.76 bits per heavy atom. The fourth-order valence-electron chi connectivity index (χ4n) is 2.08. The van der Waals surface area contributed by atoms with Crippen LogP contribution in [0.5, 0.6) is 0 Å². The lowest BCUT2D eigenvalue weighted by atomic mass is 10.1. The zero-order chi connectivity index (χ0) is 15.1.